The van der Waals surface area contributed by atoms with Gasteiger partial charge in [0.2, 0.25) is 0 Å². The molecule has 1 aliphatic carbocycles. The zero-order valence-electron chi connectivity index (χ0n) is 15.9. The summed E-state index contributed by atoms with van der Waals surface area (Å²) in [6.45, 7) is 1.99. The first-order chi connectivity index (χ1) is 13.0. The molecular weight excluding hydrogens is 346 g/mol. The molecule has 1 saturated carbocycles. The van der Waals surface area contributed by atoms with E-state index in [2.05, 4.69) is 10.4 Å². The molecule has 0 saturated heterocycles. The summed E-state index contributed by atoms with van der Waals surface area (Å²) < 4.78 is 11.4. The molecule has 0 radical (unpaired) electrons. The highest BCUT2D eigenvalue weighted by molar-refractivity contribution is 6.05. The van der Waals surface area contributed by atoms with Gasteiger partial charge in [-0.1, -0.05) is 37.0 Å². The first kappa shape index (κ1) is 18.9. The summed E-state index contributed by atoms with van der Waals surface area (Å²) in [5, 5.41) is 7.83. The van der Waals surface area contributed by atoms with Crippen LogP contribution in [0.25, 0.3) is 5.69 Å². The Bertz CT molecular complexity index is 820. The molecule has 1 fully saturated rings. The van der Waals surface area contributed by atoms with Gasteiger partial charge in [-0.3, -0.25) is 0 Å². The van der Waals surface area contributed by atoms with Gasteiger partial charge >= 0.3 is 11.9 Å². The van der Waals surface area contributed by atoms with Gasteiger partial charge in [-0.25, -0.2) is 14.3 Å². The number of hydrogen-bond acceptors (Lipinski definition) is 6. The van der Waals surface area contributed by atoms with E-state index in [4.69, 9.17) is 9.47 Å². The second kappa shape index (κ2) is 8.24. The highest BCUT2D eigenvalue weighted by Crippen LogP contribution is 2.29. The van der Waals surface area contributed by atoms with Crippen molar-refractivity contribution in [1.29, 1.82) is 0 Å². The van der Waals surface area contributed by atoms with Crippen LogP contribution in [0.5, 0.6) is 0 Å². The first-order valence-corrected chi connectivity index (χ1v) is 9.18. The minimum atomic E-state index is -0.673. The SMILES string of the molecule is COC(=O)c1nn(-c2ccc(C)cc2)c(NC2CCCCC2)c1C(=O)OC. The van der Waals surface area contributed by atoms with Crippen molar-refractivity contribution in [2.75, 3.05) is 19.5 Å². The number of aromatic nitrogens is 2. The van der Waals surface area contributed by atoms with Gasteiger partial charge in [-0.15, -0.1) is 0 Å². The third kappa shape index (κ3) is 3.97. The van der Waals surface area contributed by atoms with Crippen molar-refractivity contribution in [3.8, 4) is 5.69 Å². The van der Waals surface area contributed by atoms with Crippen LogP contribution in [0.15, 0.2) is 24.3 Å². The summed E-state index contributed by atoms with van der Waals surface area (Å²) in [5.74, 6) is -0.821. The number of ether oxygens (including phenoxy) is 2. The Balaban J connectivity index is 2.14. The van der Waals surface area contributed by atoms with Crippen LogP contribution in [0.1, 0.15) is 58.5 Å². The molecule has 1 heterocycles. The average Bonchev–Trinajstić information content (AvgIpc) is 3.07. The standard InChI is InChI=1S/C20H25N3O4/c1-13-9-11-15(12-10-13)23-18(21-14-7-5-4-6-8-14)16(19(24)26-2)17(22-23)20(25)27-3/h9-12,14,21H,4-8H2,1-3H3. The Morgan fingerprint density at radius 3 is 2.26 bits per heavy atom. The fourth-order valence-electron chi connectivity index (χ4n) is 3.40. The van der Waals surface area contributed by atoms with E-state index in [1.807, 2.05) is 31.2 Å². The molecule has 0 amide bonds. The third-order valence-corrected chi connectivity index (χ3v) is 4.88. The zero-order chi connectivity index (χ0) is 19.4. The van der Waals surface area contributed by atoms with E-state index in [1.54, 1.807) is 4.68 Å². The van der Waals surface area contributed by atoms with Crippen LogP contribution in [-0.4, -0.2) is 42.0 Å². The molecule has 27 heavy (non-hydrogen) atoms. The minimum absolute atomic E-state index is 0.0526. The molecule has 0 aliphatic heterocycles. The van der Waals surface area contributed by atoms with Crippen molar-refractivity contribution in [2.24, 2.45) is 0 Å². The summed E-state index contributed by atoms with van der Waals surface area (Å²) in [4.78, 5) is 24.8. The molecule has 1 N–H and O–H groups in total. The van der Waals surface area contributed by atoms with Gasteiger partial charge < -0.3 is 14.8 Å². The largest absolute Gasteiger partial charge is 0.465 e. The predicted molar refractivity (Wildman–Crippen MR) is 101 cm³/mol. The van der Waals surface area contributed by atoms with Crippen LogP contribution < -0.4 is 5.32 Å². The minimum Gasteiger partial charge on any atom is -0.465 e. The van der Waals surface area contributed by atoms with Crippen molar-refractivity contribution in [3.05, 3.63) is 41.1 Å². The average molecular weight is 371 g/mol. The number of methoxy groups -OCH3 is 2. The molecule has 7 nitrogen and oxygen atoms in total. The second-order valence-electron chi connectivity index (χ2n) is 6.78. The number of nitrogens with one attached hydrogen (secondary N) is 1. The summed E-state index contributed by atoms with van der Waals surface area (Å²) >= 11 is 0. The monoisotopic (exact) mass is 371 g/mol. The molecule has 0 bridgehead atoms. The van der Waals surface area contributed by atoms with E-state index in [0.717, 1.165) is 36.9 Å². The second-order valence-corrected chi connectivity index (χ2v) is 6.78. The van der Waals surface area contributed by atoms with Crippen molar-refractivity contribution in [2.45, 2.75) is 45.1 Å². The predicted octanol–water partition coefficient (Wildman–Crippen LogP) is 3.50. The Morgan fingerprint density at radius 1 is 1.04 bits per heavy atom. The number of nitrogens with zero attached hydrogens (tertiary/aromatic N) is 2. The molecule has 3 rings (SSSR count). The van der Waals surface area contributed by atoms with E-state index < -0.39 is 11.9 Å². The van der Waals surface area contributed by atoms with E-state index in [9.17, 15) is 9.59 Å². The third-order valence-electron chi connectivity index (χ3n) is 4.88. The lowest BCUT2D eigenvalue weighted by molar-refractivity contribution is 0.0552. The van der Waals surface area contributed by atoms with Gasteiger partial charge in [0.25, 0.3) is 0 Å². The van der Waals surface area contributed by atoms with Gasteiger partial charge in [0, 0.05) is 6.04 Å². The van der Waals surface area contributed by atoms with Gasteiger partial charge in [0.15, 0.2) is 5.69 Å². The molecule has 0 spiro atoms. The van der Waals surface area contributed by atoms with Crippen LogP contribution >= 0.6 is 0 Å². The summed E-state index contributed by atoms with van der Waals surface area (Å²) in [5.41, 5.74) is 1.91. The molecule has 0 unspecified atom stereocenters. The summed E-state index contributed by atoms with van der Waals surface area (Å²) in [6.07, 6.45) is 5.49. The molecule has 2 aromatic rings. The Morgan fingerprint density at radius 2 is 1.67 bits per heavy atom. The summed E-state index contributed by atoms with van der Waals surface area (Å²) in [7, 11) is 2.56. The maximum absolute atomic E-state index is 12.5. The van der Waals surface area contributed by atoms with Gasteiger partial charge in [0.05, 0.1) is 19.9 Å². The molecule has 1 aromatic heterocycles. The zero-order valence-corrected chi connectivity index (χ0v) is 15.9. The van der Waals surface area contributed by atoms with Gasteiger partial charge in [-0.2, -0.15) is 5.10 Å². The smallest absolute Gasteiger partial charge is 0.359 e. The molecular formula is C20H25N3O4. The topological polar surface area (TPSA) is 82.5 Å². The van der Waals surface area contributed by atoms with Gasteiger partial charge in [-0.05, 0) is 31.9 Å². The Labute approximate surface area is 158 Å². The quantitative estimate of drug-likeness (QED) is 0.810. The van der Waals surface area contributed by atoms with Crippen LogP contribution in [0.3, 0.4) is 0 Å². The number of carbonyl (C=O) groups is 2. The van der Waals surface area contributed by atoms with Gasteiger partial charge in [0.1, 0.15) is 11.4 Å². The highest BCUT2D eigenvalue weighted by atomic mass is 16.5. The first-order valence-electron chi connectivity index (χ1n) is 9.18. The van der Waals surface area contributed by atoms with E-state index in [0.29, 0.717) is 5.82 Å². The maximum atomic E-state index is 12.5. The Kier molecular flexibility index (Phi) is 5.78. The number of hydrogen-bond donors (Lipinski definition) is 1. The van der Waals surface area contributed by atoms with Crippen LogP contribution in [0, 0.1) is 6.92 Å². The number of carbonyl (C=O) groups excluding carboxylic acids is 2. The summed E-state index contributed by atoms with van der Waals surface area (Å²) in [6, 6.07) is 7.93. The van der Waals surface area contributed by atoms with Crippen molar-refractivity contribution in [3.63, 3.8) is 0 Å². The number of rotatable bonds is 5. The van der Waals surface area contributed by atoms with E-state index in [1.165, 1.54) is 20.6 Å². The number of esters is 2. The van der Waals surface area contributed by atoms with E-state index >= 15 is 0 Å². The maximum Gasteiger partial charge on any atom is 0.359 e. The van der Waals surface area contributed by atoms with Crippen molar-refractivity contribution >= 4 is 17.8 Å². The fourth-order valence-corrected chi connectivity index (χ4v) is 3.40. The molecule has 1 aliphatic rings. The lowest BCUT2D eigenvalue weighted by atomic mass is 9.95. The fraction of sp³-hybridized carbons (Fsp3) is 0.450. The Hall–Kier alpha value is -2.83. The van der Waals surface area contributed by atoms with Crippen LogP contribution in [0.2, 0.25) is 0 Å². The highest BCUT2D eigenvalue weighted by Gasteiger charge is 2.31. The van der Waals surface area contributed by atoms with Crippen LogP contribution in [-0.2, 0) is 9.47 Å². The normalized spacial score (nSPS) is 14.6. The molecule has 1 aromatic carbocycles. The molecule has 7 heteroatoms. The molecule has 144 valence electrons. The van der Waals surface area contributed by atoms with E-state index in [-0.39, 0.29) is 17.3 Å². The number of aryl methyl sites for hydroxylation is 1. The number of anilines is 1. The van der Waals surface area contributed by atoms with Crippen molar-refractivity contribution < 1.29 is 19.1 Å². The lowest BCUT2D eigenvalue weighted by Crippen LogP contribution is -2.25. The molecule has 0 atom stereocenters. The van der Waals surface area contributed by atoms with Crippen molar-refractivity contribution in [1.82, 2.24) is 9.78 Å². The number of benzene rings is 1. The lowest BCUT2D eigenvalue weighted by Gasteiger charge is -2.24. The van der Waals surface area contributed by atoms with Crippen LogP contribution in [0.4, 0.5) is 5.82 Å².